The average molecular weight is 460 g/mol. The molecule has 0 aromatic heterocycles. The Morgan fingerprint density at radius 1 is 0.781 bits per heavy atom. The van der Waals surface area contributed by atoms with Crippen molar-refractivity contribution in [3.05, 3.63) is 11.8 Å². The van der Waals surface area contributed by atoms with Crippen LogP contribution in [0.2, 0.25) is 0 Å². The molecule has 1 fully saturated rings. The second-order valence-corrected chi connectivity index (χ2v) is 6.84. The minimum absolute atomic E-state index is 0.0688. The molecule has 0 N–H and O–H groups in total. The van der Waals surface area contributed by atoms with E-state index < -0.39 is 54.6 Å². The lowest BCUT2D eigenvalue weighted by Gasteiger charge is -2.43. The first kappa shape index (κ1) is 27.0. The number of hydrogen-bond acceptors (Lipinski definition) is 12. The Hall–Kier alpha value is -2.99. The van der Waals surface area contributed by atoms with Gasteiger partial charge in [-0.2, -0.15) is 0 Å². The lowest BCUT2D eigenvalue weighted by atomic mass is 9.98. The maximum absolute atomic E-state index is 11.8. The molecule has 1 saturated heterocycles. The number of carbonyl (C=O) groups is 5. The number of Topliss-reactive ketones (excluding diaryl/α,β-unsaturated/α-hetero) is 1. The van der Waals surface area contributed by atoms with E-state index in [2.05, 4.69) is 0 Å². The van der Waals surface area contributed by atoms with E-state index in [0.717, 1.165) is 34.0 Å². The van der Waals surface area contributed by atoms with Gasteiger partial charge in [0.25, 0.3) is 0 Å². The highest BCUT2D eigenvalue weighted by atomic mass is 16.7. The molecule has 0 amide bonds. The standard InChI is InChI=1S/C20H28O12/c1-10(21)15(7-26-6)8-28-20-19(31-14(5)25)18(30-13(4)24)17(29-12(3)23)16(32-20)9-27-11(2)22/h8,16-20H,7,9H2,1-6H3/b15-8+/t16-,17-,18+,19-,20-/m1/s1. The predicted molar refractivity (Wildman–Crippen MR) is 104 cm³/mol. The third-order valence-electron chi connectivity index (χ3n) is 4.04. The monoisotopic (exact) mass is 460 g/mol. The molecule has 0 spiro atoms. The van der Waals surface area contributed by atoms with E-state index in [-0.39, 0.29) is 24.6 Å². The van der Waals surface area contributed by atoms with Gasteiger partial charge in [0, 0.05) is 34.8 Å². The lowest BCUT2D eigenvalue weighted by molar-refractivity contribution is -0.297. The molecule has 0 aromatic carbocycles. The van der Waals surface area contributed by atoms with Crippen molar-refractivity contribution in [2.24, 2.45) is 0 Å². The van der Waals surface area contributed by atoms with Gasteiger partial charge in [0.15, 0.2) is 18.0 Å². The summed E-state index contributed by atoms with van der Waals surface area (Å²) in [5.41, 5.74) is 0.139. The molecule has 180 valence electrons. The molecule has 0 aromatic rings. The number of esters is 4. The summed E-state index contributed by atoms with van der Waals surface area (Å²) in [5.74, 6) is -3.27. The normalized spacial score (nSPS) is 25.3. The SMILES string of the molecule is COC/C(=C\O[C@@H]1O[C@H](COC(C)=O)[C@@H](OC(C)=O)[C@H](OC(C)=O)[C@H]1OC(C)=O)C(C)=O. The molecule has 0 unspecified atom stereocenters. The highest BCUT2D eigenvalue weighted by molar-refractivity contribution is 5.93. The third-order valence-corrected chi connectivity index (χ3v) is 4.04. The van der Waals surface area contributed by atoms with Crippen LogP contribution in [0.4, 0.5) is 0 Å². The topological polar surface area (TPSA) is 150 Å². The molecule has 0 saturated carbocycles. The minimum Gasteiger partial charge on any atom is -0.468 e. The molecular weight excluding hydrogens is 432 g/mol. The highest BCUT2D eigenvalue weighted by Gasteiger charge is 2.53. The number of ketones is 1. The molecule has 1 heterocycles. The molecule has 12 heteroatoms. The van der Waals surface area contributed by atoms with E-state index in [1.54, 1.807) is 0 Å². The summed E-state index contributed by atoms with van der Waals surface area (Å²) >= 11 is 0. The fourth-order valence-corrected chi connectivity index (χ4v) is 2.82. The fraction of sp³-hybridized carbons (Fsp3) is 0.650. The summed E-state index contributed by atoms with van der Waals surface area (Å²) in [6, 6.07) is 0. The van der Waals surface area contributed by atoms with Crippen molar-refractivity contribution in [1.82, 2.24) is 0 Å². The Labute approximate surface area is 185 Å². The number of hydrogen-bond donors (Lipinski definition) is 0. The van der Waals surface area contributed by atoms with Crippen LogP contribution in [0.5, 0.6) is 0 Å². The van der Waals surface area contributed by atoms with Crippen LogP contribution in [0.15, 0.2) is 11.8 Å². The van der Waals surface area contributed by atoms with E-state index in [1.165, 1.54) is 14.0 Å². The van der Waals surface area contributed by atoms with Gasteiger partial charge in [-0.1, -0.05) is 0 Å². The summed E-state index contributed by atoms with van der Waals surface area (Å²) in [5, 5.41) is 0. The Morgan fingerprint density at radius 3 is 1.78 bits per heavy atom. The molecule has 5 atom stereocenters. The molecule has 1 aliphatic rings. The van der Waals surface area contributed by atoms with Crippen LogP contribution in [0.25, 0.3) is 0 Å². The maximum Gasteiger partial charge on any atom is 0.303 e. The van der Waals surface area contributed by atoms with Crippen molar-refractivity contribution < 1.29 is 57.1 Å². The smallest absolute Gasteiger partial charge is 0.303 e. The summed E-state index contributed by atoms with van der Waals surface area (Å²) in [4.78, 5) is 58.2. The lowest BCUT2D eigenvalue weighted by Crippen LogP contribution is -2.62. The van der Waals surface area contributed by atoms with Gasteiger partial charge in [0.05, 0.1) is 18.4 Å². The van der Waals surface area contributed by atoms with E-state index in [9.17, 15) is 24.0 Å². The van der Waals surface area contributed by atoms with Crippen LogP contribution >= 0.6 is 0 Å². The van der Waals surface area contributed by atoms with Crippen molar-refractivity contribution in [2.45, 2.75) is 65.3 Å². The van der Waals surface area contributed by atoms with Crippen molar-refractivity contribution >= 4 is 29.7 Å². The fourth-order valence-electron chi connectivity index (χ4n) is 2.82. The average Bonchev–Trinajstić information content (AvgIpc) is 2.66. The van der Waals surface area contributed by atoms with Crippen LogP contribution in [-0.2, 0) is 57.1 Å². The van der Waals surface area contributed by atoms with Crippen LogP contribution in [0.3, 0.4) is 0 Å². The predicted octanol–water partition coefficient (Wildman–Crippen LogP) is 0.205. The summed E-state index contributed by atoms with van der Waals surface area (Å²) in [7, 11) is 1.38. The first-order chi connectivity index (χ1) is 15.0. The van der Waals surface area contributed by atoms with Crippen LogP contribution < -0.4 is 0 Å². The minimum atomic E-state index is -1.41. The first-order valence-corrected chi connectivity index (χ1v) is 9.61. The Kier molecular flexibility index (Phi) is 10.8. The molecule has 0 bridgehead atoms. The van der Waals surface area contributed by atoms with Gasteiger partial charge in [-0.05, 0) is 6.92 Å². The van der Waals surface area contributed by atoms with Gasteiger partial charge in [0.2, 0.25) is 12.4 Å². The Morgan fingerprint density at radius 2 is 1.31 bits per heavy atom. The largest absolute Gasteiger partial charge is 0.468 e. The second-order valence-electron chi connectivity index (χ2n) is 6.84. The second kappa shape index (κ2) is 12.8. The third kappa shape index (κ3) is 8.63. The molecule has 1 aliphatic heterocycles. The number of ether oxygens (including phenoxy) is 7. The Balaban J connectivity index is 3.39. The number of carbonyl (C=O) groups excluding carboxylic acids is 5. The molecular formula is C20H28O12. The van der Waals surface area contributed by atoms with Gasteiger partial charge in [0.1, 0.15) is 12.7 Å². The van der Waals surface area contributed by atoms with Crippen molar-refractivity contribution in [1.29, 1.82) is 0 Å². The molecule has 0 radical (unpaired) electrons. The number of rotatable bonds is 10. The highest BCUT2D eigenvalue weighted by Crippen LogP contribution is 2.30. The van der Waals surface area contributed by atoms with Crippen molar-refractivity contribution in [3.8, 4) is 0 Å². The first-order valence-electron chi connectivity index (χ1n) is 9.61. The van der Waals surface area contributed by atoms with Gasteiger partial charge < -0.3 is 33.2 Å². The van der Waals surface area contributed by atoms with Crippen molar-refractivity contribution in [2.75, 3.05) is 20.3 Å². The van der Waals surface area contributed by atoms with Crippen LogP contribution in [0, 0.1) is 0 Å². The van der Waals surface area contributed by atoms with E-state index in [4.69, 9.17) is 33.2 Å². The van der Waals surface area contributed by atoms with Gasteiger partial charge in [-0.3, -0.25) is 24.0 Å². The molecule has 1 rings (SSSR count). The summed E-state index contributed by atoms with van der Waals surface area (Å²) in [6.45, 7) is 5.32. The van der Waals surface area contributed by atoms with E-state index >= 15 is 0 Å². The summed E-state index contributed by atoms with van der Waals surface area (Å²) < 4.78 is 37.0. The summed E-state index contributed by atoms with van der Waals surface area (Å²) in [6.07, 6.45) is -5.55. The maximum atomic E-state index is 11.8. The quantitative estimate of drug-likeness (QED) is 0.190. The Bertz CT molecular complexity index is 743. The number of methoxy groups -OCH3 is 1. The zero-order chi connectivity index (χ0) is 24.4. The zero-order valence-corrected chi connectivity index (χ0v) is 18.8. The van der Waals surface area contributed by atoms with E-state index in [1.807, 2.05) is 0 Å². The van der Waals surface area contributed by atoms with Gasteiger partial charge in [-0.25, -0.2) is 0 Å². The van der Waals surface area contributed by atoms with Gasteiger partial charge >= 0.3 is 23.9 Å². The zero-order valence-electron chi connectivity index (χ0n) is 18.8. The van der Waals surface area contributed by atoms with Gasteiger partial charge in [-0.15, -0.1) is 0 Å². The van der Waals surface area contributed by atoms with Crippen LogP contribution in [0.1, 0.15) is 34.6 Å². The molecule has 32 heavy (non-hydrogen) atoms. The van der Waals surface area contributed by atoms with Crippen molar-refractivity contribution in [3.63, 3.8) is 0 Å². The van der Waals surface area contributed by atoms with Crippen LogP contribution in [-0.4, -0.2) is 80.7 Å². The van der Waals surface area contributed by atoms with E-state index in [0.29, 0.717) is 0 Å². The molecule has 12 nitrogen and oxygen atoms in total. The molecule has 0 aliphatic carbocycles.